The third-order valence-corrected chi connectivity index (χ3v) is 9.04. The van der Waals surface area contributed by atoms with E-state index in [4.69, 9.17) is 9.47 Å². The fourth-order valence-corrected chi connectivity index (χ4v) is 8.16. The number of aliphatic hydroxyl groups is 1. The second-order valence-electron chi connectivity index (χ2n) is 10.5. The van der Waals surface area contributed by atoms with Gasteiger partial charge in [-0.25, -0.2) is 0 Å². The van der Waals surface area contributed by atoms with Crippen LogP contribution in [-0.4, -0.2) is 41.6 Å². The number of hydrogen-bond acceptors (Lipinski definition) is 6. The number of Topliss-reactive ketones (excluding diaryl/α,β-unsaturated/α-hetero) is 1. The molecule has 4 fully saturated rings. The van der Waals surface area contributed by atoms with Crippen molar-refractivity contribution in [3.05, 3.63) is 0 Å². The van der Waals surface area contributed by atoms with Crippen LogP contribution in [0.1, 0.15) is 72.1 Å². The Hall–Kier alpha value is -1.43. The van der Waals surface area contributed by atoms with Crippen molar-refractivity contribution in [2.24, 2.45) is 40.9 Å². The molecule has 0 aromatic carbocycles. The zero-order valence-electron chi connectivity index (χ0n) is 18.5. The molecule has 0 aromatic rings. The number of ketones is 1. The van der Waals surface area contributed by atoms with Gasteiger partial charge in [0, 0.05) is 25.7 Å². The summed E-state index contributed by atoms with van der Waals surface area (Å²) in [5, 5.41) is 9.51. The van der Waals surface area contributed by atoms with Crippen molar-refractivity contribution in [1.29, 1.82) is 0 Å². The summed E-state index contributed by atoms with van der Waals surface area (Å²) in [6.45, 7) is 4.75. The molecule has 0 amide bonds. The zero-order valence-corrected chi connectivity index (χ0v) is 18.5. The van der Waals surface area contributed by atoms with E-state index in [1.807, 2.05) is 0 Å². The maximum absolute atomic E-state index is 12.5. The Morgan fingerprint density at radius 3 is 2.30 bits per heavy atom. The molecule has 6 heteroatoms. The van der Waals surface area contributed by atoms with Gasteiger partial charge in [0.1, 0.15) is 18.8 Å². The maximum Gasteiger partial charge on any atom is 0.302 e. The molecule has 9 atom stereocenters. The third kappa shape index (κ3) is 3.69. The lowest BCUT2D eigenvalue weighted by Crippen LogP contribution is -2.56. The van der Waals surface area contributed by atoms with Gasteiger partial charge >= 0.3 is 11.9 Å². The van der Waals surface area contributed by atoms with Crippen molar-refractivity contribution < 1.29 is 29.0 Å². The van der Waals surface area contributed by atoms with Crippen LogP contribution < -0.4 is 0 Å². The molecule has 0 unspecified atom stereocenters. The first kappa shape index (κ1) is 21.8. The molecular formula is C24H36O6. The van der Waals surface area contributed by atoms with Crippen molar-refractivity contribution in [2.75, 3.05) is 6.61 Å². The fourth-order valence-electron chi connectivity index (χ4n) is 8.16. The molecule has 4 rings (SSSR count). The van der Waals surface area contributed by atoms with Gasteiger partial charge in [0.05, 0.1) is 0 Å². The molecule has 6 nitrogen and oxygen atoms in total. The smallest absolute Gasteiger partial charge is 0.302 e. The number of rotatable bonds is 4. The van der Waals surface area contributed by atoms with Gasteiger partial charge in [-0.15, -0.1) is 0 Å². The molecule has 1 N–H and O–H groups in total. The summed E-state index contributed by atoms with van der Waals surface area (Å²) < 4.78 is 11.5. The first-order valence-electron chi connectivity index (χ1n) is 11.7. The lowest BCUT2D eigenvalue weighted by atomic mass is 9.48. The second kappa shape index (κ2) is 8.25. The number of aliphatic hydroxyl groups excluding tert-OH is 1. The van der Waals surface area contributed by atoms with Gasteiger partial charge < -0.3 is 14.6 Å². The van der Waals surface area contributed by atoms with E-state index in [0.717, 1.165) is 44.9 Å². The SMILES string of the molecule is CC(=O)O[C@H]1CC[C@H]2[C@H](CC[C@@H]3[C@@H]2[C@H](OC(C)=O)C[C@]2(C)[C@@H](C(=O)CO)CC[C@@H]32)C1. The van der Waals surface area contributed by atoms with E-state index in [9.17, 15) is 19.5 Å². The first-order valence-corrected chi connectivity index (χ1v) is 11.7. The van der Waals surface area contributed by atoms with Gasteiger partial charge in [-0.2, -0.15) is 0 Å². The standard InChI is InChI=1S/C24H36O6/c1-13(26)29-16-5-7-17-15(10-16)4-6-18-19-8-9-20(21(28)12-25)24(19,3)11-22(23(17)18)30-14(2)27/h15-20,22-23,25H,4-12H2,1-3H3/t15-,16+,17+,18+,19+,20-,22-,23-,24+/m1/s1. The van der Waals surface area contributed by atoms with Crippen LogP contribution in [0.15, 0.2) is 0 Å². The minimum atomic E-state index is -0.401. The van der Waals surface area contributed by atoms with Crippen LogP contribution in [0.5, 0.6) is 0 Å². The Balaban J connectivity index is 1.60. The molecule has 0 radical (unpaired) electrons. The minimum absolute atomic E-state index is 0.0133. The fraction of sp³-hybridized carbons (Fsp3) is 0.875. The highest BCUT2D eigenvalue weighted by Crippen LogP contribution is 2.64. The maximum atomic E-state index is 12.5. The van der Waals surface area contributed by atoms with Crippen molar-refractivity contribution in [3.8, 4) is 0 Å². The molecule has 0 aromatic heterocycles. The van der Waals surface area contributed by atoms with Crippen LogP contribution in [0.3, 0.4) is 0 Å². The van der Waals surface area contributed by atoms with Gasteiger partial charge in [-0.05, 0) is 80.5 Å². The Morgan fingerprint density at radius 2 is 1.63 bits per heavy atom. The Labute approximate surface area is 179 Å². The van der Waals surface area contributed by atoms with Gasteiger partial charge in [0.2, 0.25) is 0 Å². The van der Waals surface area contributed by atoms with Gasteiger partial charge in [-0.3, -0.25) is 14.4 Å². The molecule has 4 aliphatic rings. The van der Waals surface area contributed by atoms with E-state index < -0.39 is 6.61 Å². The Bertz CT molecular complexity index is 704. The van der Waals surface area contributed by atoms with Gasteiger partial charge in [0.15, 0.2) is 5.78 Å². The zero-order chi connectivity index (χ0) is 21.6. The van der Waals surface area contributed by atoms with Crippen molar-refractivity contribution >= 4 is 17.7 Å². The lowest BCUT2D eigenvalue weighted by molar-refractivity contribution is -0.181. The van der Waals surface area contributed by atoms with Crippen molar-refractivity contribution in [1.82, 2.24) is 0 Å². The van der Waals surface area contributed by atoms with Crippen LogP contribution in [0.2, 0.25) is 0 Å². The number of fused-ring (bicyclic) bond motifs is 5. The highest BCUT2D eigenvalue weighted by Gasteiger charge is 2.62. The molecule has 0 spiro atoms. The molecule has 0 saturated heterocycles. The van der Waals surface area contributed by atoms with E-state index in [2.05, 4.69) is 6.92 Å². The lowest BCUT2D eigenvalue weighted by Gasteiger charge is -2.58. The molecule has 0 bridgehead atoms. The van der Waals surface area contributed by atoms with Crippen molar-refractivity contribution in [2.45, 2.75) is 84.3 Å². The van der Waals surface area contributed by atoms with Crippen molar-refractivity contribution in [3.63, 3.8) is 0 Å². The summed E-state index contributed by atoms with van der Waals surface area (Å²) in [6, 6.07) is 0. The van der Waals surface area contributed by atoms with E-state index in [1.54, 1.807) is 0 Å². The third-order valence-electron chi connectivity index (χ3n) is 9.04. The molecule has 4 saturated carbocycles. The van der Waals surface area contributed by atoms with Gasteiger partial charge in [0.25, 0.3) is 0 Å². The normalized spacial score (nSPS) is 44.9. The number of ether oxygens (including phenoxy) is 2. The Morgan fingerprint density at radius 1 is 0.933 bits per heavy atom. The number of esters is 2. The van der Waals surface area contributed by atoms with E-state index in [1.165, 1.54) is 13.8 Å². The summed E-state index contributed by atoms with van der Waals surface area (Å²) >= 11 is 0. The molecule has 0 heterocycles. The minimum Gasteiger partial charge on any atom is -0.463 e. The van der Waals surface area contributed by atoms with Crippen LogP contribution >= 0.6 is 0 Å². The highest BCUT2D eigenvalue weighted by atomic mass is 16.5. The summed E-state index contributed by atoms with van der Waals surface area (Å²) in [5.74, 6) is 1.56. The predicted octanol–water partition coefficient (Wildman–Crippen LogP) is 3.29. The number of carbonyl (C=O) groups excluding carboxylic acids is 3. The number of carbonyl (C=O) groups is 3. The molecule has 30 heavy (non-hydrogen) atoms. The topological polar surface area (TPSA) is 89.9 Å². The monoisotopic (exact) mass is 420 g/mol. The van der Waals surface area contributed by atoms with Crippen LogP contribution in [0.4, 0.5) is 0 Å². The van der Waals surface area contributed by atoms with Crippen LogP contribution in [-0.2, 0) is 23.9 Å². The summed E-state index contributed by atoms with van der Waals surface area (Å²) in [4.78, 5) is 35.9. The summed E-state index contributed by atoms with van der Waals surface area (Å²) in [7, 11) is 0. The quantitative estimate of drug-likeness (QED) is 0.702. The molecule has 4 aliphatic carbocycles. The summed E-state index contributed by atoms with van der Waals surface area (Å²) in [6.07, 6.45) is 7.40. The number of hydrogen-bond donors (Lipinski definition) is 1. The van der Waals surface area contributed by atoms with Gasteiger partial charge in [-0.1, -0.05) is 6.92 Å². The highest BCUT2D eigenvalue weighted by molar-refractivity contribution is 5.83. The Kier molecular flexibility index (Phi) is 5.99. The van der Waals surface area contributed by atoms with Crippen LogP contribution in [0, 0.1) is 40.9 Å². The average molecular weight is 421 g/mol. The molecule has 0 aliphatic heterocycles. The van der Waals surface area contributed by atoms with E-state index in [-0.39, 0.29) is 41.3 Å². The molecule has 168 valence electrons. The largest absolute Gasteiger partial charge is 0.463 e. The predicted molar refractivity (Wildman–Crippen MR) is 109 cm³/mol. The second-order valence-corrected chi connectivity index (χ2v) is 10.5. The van der Waals surface area contributed by atoms with Crippen LogP contribution in [0.25, 0.3) is 0 Å². The average Bonchev–Trinajstić information content (AvgIpc) is 3.02. The van der Waals surface area contributed by atoms with E-state index in [0.29, 0.717) is 36.0 Å². The first-order chi connectivity index (χ1) is 14.2. The molecular weight excluding hydrogens is 384 g/mol. The van der Waals surface area contributed by atoms with E-state index >= 15 is 0 Å². The summed E-state index contributed by atoms with van der Waals surface area (Å²) in [5.41, 5.74) is -0.205.